The Balaban J connectivity index is 1.56. The highest BCUT2D eigenvalue weighted by Gasteiger charge is 2.56. The van der Waals surface area contributed by atoms with Gasteiger partial charge in [0.2, 0.25) is 0 Å². The molecule has 0 heteroatoms. The highest BCUT2D eigenvalue weighted by atomic mass is 14.6. The predicted octanol–water partition coefficient (Wildman–Crippen LogP) is 8.37. The lowest BCUT2D eigenvalue weighted by atomic mass is 9.63. The van der Waals surface area contributed by atoms with Gasteiger partial charge >= 0.3 is 0 Å². The van der Waals surface area contributed by atoms with Crippen LogP contribution in [0.1, 0.15) is 41.5 Å². The van der Waals surface area contributed by atoms with Crippen LogP contribution in [0.15, 0.2) is 109 Å². The summed E-state index contributed by atoms with van der Waals surface area (Å²) in [5.41, 5.74) is 10.6. The summed E-state index contributed by atoms with van der Waals surface area (Å²) in [6.45, 7) is 0. The molecule has 4 aromatic carbocycles. The van der Waals surface area contributed by atoms with Crippen molar-refractivity contribution >= 4 is 32.7 Å². The second-order valence-electron chi connectivity index (χ2n) is 9.97. The molecule has 1 spiro atoms. The van der Waals surface area contributed by atoms with Crippen molar-refractivity contribution in [3.8, 4) is 0 Å². The van der Waals surface area contributed by atoms with Crippen LogP contribution in [0.25, 0.3) is 32.7 Å². The first-order valence-electron chi connectivity index (χ1n) is 12.2. The zero-order chi connectivity index (χ0) is 21.6. The summed E-state index contributed by atoms with van der Waals surface area (Å²) < 4.78 is 0. The second kappa shape index (κ2) is 6.23. The van der Waals surface area contributed by atoms with Gasteiger partial charge in [0.05, 0.1) is 5.41 Å². The minimum absolute atomic E-state index is 0.0601. The largest absolute Gasteiger partial charge is 0.0839 e. The standard InChI is InChI=1S/C33H24/c1-3-11-23-19-31-27(17-21(23)9-1)25-13-5-7-15-29(25)33(31)30-16-8-6-14-26(30)28-18-22-10-2-4-12-24(22)20-32(28)33/h1-7,9-14,17-20,29H,8,15-16H2. The smallest absolute Gasteiger partial charge is 0.0504 e. The Morgan fingerprint density at radius 2 is 1.33 bits per heavy atom. The summed E-state index contributed by atoms with van der Waals surface area (Å²) in [6.07, 6.45) is 15.2. The molecule has 33 heavy (non-hydrogen) atoms. The van der Waals surface area contributed by atoms with Gasteiger partial charge in [-0.2, -0.15) is 0 Å². The van der Waals surface area contributed by atoms with Gasteiger partial charge in [-0.3, -0.25) is 0 Å². The van der Waals surface area contributed by atoms with Crippen LogP contribution in [0.2, 0.25) is 0 Å². The van der Waals surface area contributed by atoms with Crippen LogP contribution in [0.4, 0.5) is 0 Å². The lowest BCUT2D eigenvalue weighted by Crippen LogP contribution is -2.34. The predicted molar refractivity (Wildman–Crippen MR) is 139 cm³/mol. The van der Waals surface area contributed by atoms with Crippen molar-refractivity contribution in [1.82, 2.24) is 0 Å². The van der Waals surface area contributed by atoms with Crippen LogP contribution >= 0.6 is 0 Å². The van der Waals surface area contributed by atoms with E-state index in [2.05, 4.69) is 103 Å². The van der Waals surface area contributed by atoms with Crippen molar-refractivity contribution in [2.45, 2.75) is 24.7 Å². The maximum atomic E-state index is 2.52. The lowest BCUT2D eigenvalue weighted by molar-refractivity contribution is 0.470. The van der Waals surface area contributed by atoms with Crippen LogP contribution < -0.4 is 0 Å². The molecule has 2 atom stereocenters. The van der Waals surface area contributed by atoms with Gasteiger partial charge in [-0.05, 0) is 104 Å². The maximum Gasteiger partial charge on any atom is 0.0504 e. The van der Waals surface area contributed by atoms with Gasteiger partial charge in [0, 0.05) is 5.92 Å². The Morgan fingerprint density at radius 3 is 2.06 bits per heavy atom. The first-order valence-corrected chi connectivity index (χ1v) is 12.2. The number of allylic oxidation sites excluding steroid dienone is 8. The molecule has 0 radical (unpaired) electrons. The highest BCUT2D eigenvalue weighted by molar-refractivity contribution is 6.01. The number of hydrogen-bond acceptors (Lipinski definition) is 0. The molecule has 0 aliphatic heterocycles. The SMILES string of the molecule is C1=CCC2C(=C1)c1cc3ccccc3cc1C21C2=C(C=CCC2)c2cc3ccccc3cc21. The minimum atomic E-state index is -0.0601. The van der Waals surface area contributed by atoms with Crippen LogP contribution in [0, 0.1) is 5.92 Å². The monoisotopic (exact) mass is 420 g/mol. The Hall–Kier alpha value is -3.64. The molecular formula is C33H24. The van der Waals surface area contributed by atoms with E-state index in [9.17, 15) is 0 Å². The van der Waals surface area contributed by atoms with Crippen molar-refractivity contribution in [1.29, 1.82) is 0 Å². The molecule has 4 aliphatic carbocycles. The zero-order valence-electron chi connectivity index (χ0n) is 18.5. The van der Waals surface area contributed by atoms with E-state index in [1.165, 1.54) is 54.9 Å². The van der Waals surface area contributed by atoms with E-state index in [4.69, 9.17) is 0 Å². The van der Waals surface area contributed by atoms with Crippen molar-refractivity contribution in [2.75, 3.05) is 0 Å². The molecule has 0 saturated heterocycles. The van der Waals surface area contributed by atoms with Crippen LogP contribution in [-0.2, 0) is 5.41 Å². The van der Waals surface area contributed by atoms with Gasteiger partial charge in [-0.1, -0.05) is 78.9 Å². The van der Waals surface area contributed by atoms with E-state index in [1.54, 1.807) is 5.57 Å². The Bertz CT molecular complexity index is 1640. The van der Waals surface area contributed by atoms with Crippen molar-refractivity contribution in [2.24, 2.45) is 5.92 Å². The fourth-order valence-electron chi connectivity index (χ4n) is 7.29. The number of hydrogen-bond donors (Lipinski definition) is 0. The van der Waals surface area contributed by atoms with Crippen LogP contribution in [0.3, 0.4) is 0 Å². The quantitative estimate of drug-likeness (QED) is 0.268. The molecule has 4 aliphatic rings. The van der Waals surface area contributed by atoms with E-state index in [1.807, 2.05) is 0 Å². The molecule has 4 aromatic rings. The molecule has 0 aromatic heterocycles. The van der Waals surface area contributed by atoms with Gasteiger partial charge in [0.1, 0.15) is 0 Å². The summed E-state index contributed by atoms with van der Waals surface area (Å²) >= 11 is 0. The lowest BCUT2D eigenvalue weighted by Gasteiger charge is -2.38. The van der Waals surface area contributed by atoms with Gasteiger partial charge in [-0.25, -0.2) is 0 Å². The first kappa shape index (κ1) is 17.9. The van der Waals surface area contributed by atoms with E-state index in [-0.39, 0.29) is 5.41 Å². The third kappa shape index (κ3) is 2.12. The topological polar surface area (TPSA) is 0 Å². The van der Waals surface area contributed by atoms with Crippen molar-refractivity contribution < 1.29 is 0 Å². The van der Waals surface area contributed by atoms with Gasteiger partial charge < -0.3 is 0 Å². The van der Waals surface area contributed by atoms with Crippen LogP contribution in [-0.4, -0.2) is 0 Å². The average molecular weight is 421 g/mol. The summed E-state index contributed by atoms with van der Waals surface area (Å²) in [6, 6.07) is 27.7. The molecule has 0 heterocycles. The van der Waals surface area contributed by atoms with Gasteiger partial charge in [0.25, 0.3) is 0 Å². The molecule has 0 saturated carbocycles. The Labute approximate surface area is 194 Å². The molecule has 8 rings (SSSR count). The maximum absolute atomic E-state index is 2.52. The number of rotatable bonds is 0. The first-order chi connectivity index (χ1) is 16.4. The Morgan fingerprint density at radius 1 is 0.697 bits per heavy atom. The molecule has 0 bridgehead atoms. The molecular weight excluding hydrogens is 396 g/mol. The van der Waals surface area contributed by atoms with E-state index < -0.39 is 0 Å². The normalized spacial score (nSPS) is 24.2. The fourth-order valence-corrected chi connectivity index (χ4v) is 7.29. The number of benzene rings is 4. The highest BCUT2D eigenvalue weighted by Crippen LogP contribution is 2.66. The molecule has 0 amide bonds. The zero-order valence-corrected chi connectivity index (χ0v) is 18.5. The second-order valence-corrected chi connectivity index (χ2v) is 9.97. The molecule has 156 valence electrons. The van der Waals surface area contributed by atoms with E-state index >= 15 is 0 Å². The molecule has 2 unspecified atom stereocenters. The molecule has 0 fully saturated rings. The summed E-state index contributed by atoms with van der Waals surface area (Å²) in [7, 11) is 0. The molecule has 0 nitrogen and oxygen atoms in total. The minimum Gasteiger partial charge on any atom is -0.0839 e. The Kier molecular flexibility index (Phi) is 3.37. The third-order valence-corrected chi connectivity index (χ3v) is 8.55. The van der Waals surface area contributed by atoms with Gasteiger partial charge in [0.15, 0.2) is 0 Å². The van der Waals surface area contributed by atoms with Crippen LogP contribution in [0.5, 0.6) is 0 Å². The van der Waals surface area contributed by atoms with Gasteiger partial charge in [-0.15, -0.1) is 0 Å². The van der Waals surface area contributed by atoms with E-state index in [0.29, 0.717) is 5.92 Å². The molecule has 0 N–H and O–H groups in total. The average Bonchev–Trinajstić information content (AvgIpc) is 3.32. The summed E-state index contributed by atoms with van der Waals surface area (Å²) in [5.74, 6) is 0.466. The van der Waals surface area contributed by atoms with Crippen molar-refractivity contribution in [3.63, 3.8) is 0 Å². The van der Waals surface area contributed by atoms with E-state index in [0.717, 1.165) is 19.3 Å². The third-order valence-electron chi connectivity index (χ3n) is 8.55. The fraction of sp³-hybridized carbons (Fsp3) is 0.152. The summed E-state index contributed by atoms with van der Waals surface area (Å²) in [4.78, 5) is 0. The summed E-state index contributed by atoms with van der Waals surface area (Å²) in [5, 5.41) is 5.39. The van der Waals surface area contributed by atoms with Crippen molar-refractivity contribution in [3.05, 3.63) is 131 Å². The number of fused-ring (bicyclic) bond motifs is 11.